The van der Waals surface area contributed by atoms with Gasteiger partial charge in [0, 0.05) is 42.5 Å². The zero-order valence-electron chi connectivity index (χ0n) is 25.2. The quantitative estimate of drug-likeness (QED) is 0.391. The Hall–Kier alpha value is -2.35. The zero-order valence-corrected chi connectivity index (χ0v) is 26.7. The fraction of sp³-hybridized carbons (Fsp3) is 0.559. The predicted octanol–water partition coefficient (Wildman–Crippen LogP) is 6.70. The highest BCUT2D eigenvalue weighted by Crippen LogP contribution is 2.49. The van der Waals surface area contributed by atoms with Gasteiger partial charge in [0.15, 0.2) is 0 Å². The van der Waals surface area contributed by atoms with E-state index in [-0.39, 0.29) is 23.3 Å². The maximum atomic E-state index is 13.3. The summed E-state index contributed by atoms with van der Waals surface area (Å²) >= 11 is 6.42. The highest BCUT2D eigenvalue weighted by atomic mass is 35.5. The molecular weight excluding hydrogens is 568 g/mol. The summed E-state index contributed by atoms with van der Waals surface area (Å²) in [7, 11) is 0.354. The average molecular weight is 611 g/mol. The van der Waals surface area contributed by atoms with Crippen molar-refractivity contribution in [3.63, 3.8) is 0 Å². The fourth-order valence-corrected chi connectivity index (χ4v) is 8.88. The second-order valence-electron chi connectivity index (χ2n) is 13.3. The van der Waals surface area contributed by atoms with Crippen LogP contribution in [0.4, 0.5) is 5.69 Å². The lowest BCUT2D eigenvalue weighted by Crippen LogP contribution is -2.47. The number of hydrogen-bond acceptors (Lipinski definition) is 5. The first kappa shape index (κ1) is 29.7. The van der Waals surface area contributed by atoms with Gasteiger partial charge < -0.3 is 14.4 Å². The lowest BCUT2D eigenvalue weighted by molar-refractivity contribution is -0.00161. The van der Waals surface area contributed by atoms with E-state index in [1.165, 1.54) is 16.7 Å². The maximum Gasteiger partial charge on any atom is 0.263 e. The summed E-state index contributed by atoms with van der Waals surface area (Å²) in [5, 5.41) is 0.761. The van der Waals surface area contributed by atoms with Crippen molar-refractivity contribution in [3.8, 4) is 5.75 Å². The third kappa shape index (κ3) is 5.77. The molecule has 7 rings (SSSR count). The molecule has 1 fully saturated rings. The van der Waals surface area contributed by atoms with Gasteiger partial charge in [-0.2, -0.15) is 0 Å². The number of ether oxygens (including phenoxy) is 2. The number of amides is 1. The Morgan fingerprint density at radius 1 is 1.17 bits per heavy atom. The summed E-state index contributed by atoms with van der Waals surface area (Å²) in [5.41, 5.74) is 5.17. The first-order valence-corrected chi connectivity index (χ1v) is 17.1. The number of anilines is 1. The van der Waals surface area contributed by atoms with E-state index < -0.39 is 11.0 Å². The molecule has 0 radical (unpaired) electrons. The summed E-state index contributed by atoms with van der Waals surface area (Å²) in [4.78, 5) is 15.8. The number of carbonyl (C=O) groups excluding carboxylic acids is 1. The third-order valence-corrected chi connectivity index (χ3v) is 11.7. The van der Waals surface area contributed by atoms with E-state index in [4.69, 9.17) is 21.1 Å². The van der Waals surface area contributed by atoms with Crippen molar-refractivity contribution in [2.75, 3.05) is 37.5 Å². The second kappa shape index (κ2) is 12.0. The van der Waals surface area contributed by atoms with Crippen molar-refractivity contribution >= 4 is 34.2 Å². The fourth-order valence-electron chi connectivity index (χ4n) is 7.39. The maximum absolute atomic E-state index is 13.3. The minimum Gasteiger partial charge on any atom is -0.491 e. The van der Waals surface area contributed by atoms with Crippen molar-refractivity contribution in [1.29, 1.82) is 0 Å². The number of benzene rings is 2. The number of nitrogens with zero attached hydrogens (tertiary/aromatic N) is 1. The van der Waals surface area contributed by atoms with E-state index in [9.17, 15) is 9.00 Å². The van der Waals surface area contributed by atoms with E-state index in [2.05, 4.69) is 48.6 Å². The lowest BCUT2D eigenvalue weighted by atomic mass is 9.62. The molecule has 3 aliphatic heterocycles. The molecule has 0 saturated heterocycles. The van der Waals surface area contributed by atoms with Crippen LogP contribution in [0.15, 0.2) is 48.0 Å². The molecule has 4 bridgehead atoms. The molecule has 0 aromatic heterocycles. The Bertz CT molecular complexity index is 1410. The van der Waals surface area contributed by atoms with Gasteiger partial charge in [0.1, 0.15) is 16.7 Å². The topological polar surface area (TPSA) is 67.9 Å². The molecule has 1 N–H and O–H groups in total. The number of carbonyl (C=O) groups is 1. The van der Waals surface area contributed by atoms with Crippen LogP contribution in [0.5, 0.6) is 5.75 Å². The van der Waals surface area contributed by atoms with Crippen LogP contribution in [0.3, 0.4) is 0 Å². The molecule has 0 spiro atoms. The molecule has 2 aromatic rings. The van der Waals surface area contributed by atoms with Gasteiger partial charge in [-0.25, -0.2) is 4.21 Å². The standard InChI is InChI=1S/C34H43ClN2O4S/c1-5-6-21-15-27(35)9-11-28(21)25-18-37-17-23-7-10-29(23)32(40-4)24-13-26(14-24)34(2,3)20-42(39)36-33(38)22-8-12-31(41-19-25)30(37)16-22/h8-9,11-13,15-16,23,25-26,29,32H,5-7,10,14,17-20H2,1-4H3,(H,36,38). The number of methoxy groups -OCH3 is 1. The van der Waals surface area contributed by atoms with Gasteiger partial charge in [-0.1, -0.05) is 50.9 Å². The Morgan fingerprint density at radius 2 is 1.98 bits per heavy atom. The zero-order chi connectivity index (χ0) is 29.6. The molecule has 226 valence electrons. The highest BCUT2D eigenvalue weighted by molar-refractivity contribution is 7.83. The van der Waals surface area contributed by atoms with Crippen molar-refractivity contribution < 1.29 is 18.5 Å². The molecule has 2 aliphatic carbocycles. The summed E-state index contributed by atoms with van der Waals surface area (Å²) in [6, 6.07) is 11.9. The van der Waals surface area contributed by atoms with Crippen molar-refractivity contribution in [2.45, 2.75) is 64.9 Å². The minimum absolute atomic E-state index is 0.117. The van der Waals surface area contributed by atoms with Gasteiger partial charge in [-0.15, -0.1) is 0 Å². The smallest absolute Gasteiger partial charge is 0.263 e. The molecule has 2 aromatic carbocycles. The normalized spacial score (nSPS) is 30.5. The number of rotatable bonds is 4. The molecule has 1 saturated carbocycles. The summed E-state index contributed by atoms with van der Waals surface area (Å²) in [6.07, 6.45) is 7.74. The van der Waals surface area contributed by atoms with Crippen LogP contribution >= 0.6 is 11.6 Å². The van der Waals surface area contributed by atoms with Crippen LogP contribution in [-0.4, -0.2) is 48.8 Å². The largest absolute Gasteiger partial charge is 0.491 e. The molecule has 8 heteroatoms. The van der Waals surface area contributed by atoms with Gasteiger partial charge >= 0.3 is 0 Å². The van der Waals surface area contributed by atoms with Crippen molar-refractivity contribution in [3.05, 3.63) is 69.8 Å². The van der Waals surface area contributed by atoms with Crippen LogP contribution < -0.4 is 14.4 Å². The SMILES string of the molecule is CCCc1cc(Cl)ccc1C1COc2ccc3cc2N(C1)CC1CCC1C(OC)C1=CC(C1)C(C)(C)CS(=O)NC3=O. The number of halogens is 1. The predicted molar refractivity (Wildman–Crippen MR) is 170 cm³/mol. The van der Waals surface area contributed by atoms with E-state index in [0.29, 0.717) is 35.7 Å². The van der Waals surface area contributed by atoms with Gasteiger partial charge in [0.2, 0.25) is 0 Å². The van der Waals surface area contributed by atoms with Crippen LogP contribution in [0, 0.1) is 23.2 Å². The third-order valence-electron chi connectivity index (χ3n) is 10.0. The van der Waals surface area contributed by atoms with Gasteiger partial charge in [-0.3, -0.25) is 9.52 Å². The number of nitrogens with one attached hydrogen (secondary N) is 1. The Morgan fingerprint density at radius 3 is 2.69 bits per heavy atom. The first-order chi connectivity index (χ1) is 20.2. The molecular formula is C34H43ClN2O4S. The van der Waals surface area contributed by atoms with Crippen molar-refractivity contribution in [2.24, 2.45) is 23.2 Å². The van der Waals surface area contributed by atoms with E-state index in [0.717, 1.165) is 61.7 Å². The van der Waals surface area contributed by atoms with Crippen molar-refractivity contribution in [1.82, 2.24) is 4.72 Å². The van der Waals surface area contributed by atoms with Gasteiger partial charge in [-0.05, 0) is 95.9 Å². The van der Waals surface area contributed by atoms with Crippen LogP contribution in [0.25, 0.3) is 0 Å². The molecule has 42 heavy (non-hydrogen) atoms. The monoisotopic (exact) mass is 610 g/mol. The van der Waals surface area contributed by atoms with Crippen LogP contribution in [-0.2, 0) is 22.1 Å². The molecule has 3 heterocycles. The minimum atomic E-state index is -1.49. The van der Waals surface area contributed by atoms with Gasteiger partial charge in [0.25, 0.3) is 5.91 Å². The lowest BCUT2D eigenvalue weighted by Gasteiger charge is -2.48. The molecule has 1 amide bonds. The Balaban J connectivity index is 1.38. The highest BCUT2D eigenvalue weighted by Gasteiger charge is 2.45. The molecule has 6 atom stereocenters. The second-order valence-corrected chi connectivity index (χ2v) is 14.9. The number of fused-ring (bicyclic) bond motifs is 4. The molecule has 6 nitrogen and oxygen atoms in total. The number of aryl methyl sites for hydroxylation is 1. The van der Waals surface area contributed by atoms with E-state index in [1.807, 2.05) is 25.3 Å². The Labute approximate surface area is 257 Å². The first-order valence-electron chi connectivity index (χ1n) is 15.4. The van der Waals surface area contributed by atoms with Gasteiger partial charge in [0.05, 0.1) is 18.4 Å². The van der Waals surface area contributed by atoms with E-state index in [1.54, 1.807) is 6.07 Å². The number of hydrogen-bond donors (Lipinski definition) is 1. The number of allylic oxidation sites excluding steroid dienone is 1. The summed E-state index contributed by atoms with van der Waals surface area (Å²) < 4.78 is 28.5. The summed E-state index contributed by atoms with van der Waals surface area (Å²) in [5.74, 6) is 2.29. The Kier molecular flexibility index (Phi) is 8.47. The molecule has 5 aliphatic rings. The summed E-state index contributed by atoms with van der Waals surface area (Å²) in [6.45, 7) is 8.68. The average Bonchev–Trinajstić information content (AvgIpc) is 3.08. The van der Waals surface area contributed by atoms with Crippen LogP contribution in [0.1, 0.15) is 73.9 Å². The molecule has 6 unspecified atom stereocenters. The van der Waals surface area contributed by atoms with E-state index >= 15 is 0 Å². The van der Waals surface area contributed by atoms with Crippen LogP contribution in [0.2, 0.25) is 5.02 Å².